The second-order valence-corrected chi connectivity index (χ2v) is 5.46. The summed E-state index contributed by atoms with van der Waals surface area (Å²) in [5, 5.41) is 3.58. The molecule has 1 unspecified atom stereocenters. The summed E-state index contributed by atoms with van der Waals surface area (Å²) in [5.74, 6) is 1.66. The molecule has 0 saturated carbocycles. The van der Waals surface area contributed by atoms with Crippen molar-refractivity contribution < 1.29 is 9.47 Å². The van der Waals surface area contributed by atoms with Crippen molar-refractivity contribution in [2.24, 2.45) is 0 Å². The van der Waals surface area contributed by atoms with Gasteiger partial charge in [-0.2, -0.15) is 0 Å². The minimum atomic E-state index is 0.171. The van der Waals surface area contributed by atoms with E-state index < -0.39 is 0 Å². The maximum absolute atomic E-state index is 5.51. The Morgan fingerprint density at radius 2 is 1.86 bits per heavy atom. The number of hydrogen-bond donors (Lipinski definition) is 1. The van der Waals surface area contributed by atoms with Crippen LogP contribution < -0.4 is 14.8 Å². The van der Waals surface area contributed by atoms with Gasteiger partial charge in [0.15, 0.2) is 11.5 Å². The molecule has 1 aliphatic rings. The molecule has 1 atom stereocenters. The minimum Gasteiger partial charge on any atom is -0.454 e. The second-order valence-electron chi connectivity index (χ2n) is 5.46. The summed E-state index contributed by atoms with van der Waals surface area (Å²) in [7, 11) is 0. The third-order valence-corrected chi connectivity index (χ3v) is 3.88. The molecular formula is C18H21NO2. The Hall–Kier alpha value is -2.00. The summed E-state index contributed by atoms with van der Waals surface area (Å²) in [6.07, 6.45) is 0. The van der Waals surface area contributed by atoms with Crippen molar-refractivity contribution in [3.8, 4) is 11.5 Å². The van der Waals surface area contributed by atoms with Crippen molar-refractivity contribution >= 4 is 0 Å². The smallest absolute Gasteiger partial charge is 0.231 e. The maximum atomic E-state index is 5.51. The monoisotopic (exact) mass is 283 g/mol. The summed E-state index contributed by atoms with van der Waals surface area (Å²) >= 11 is 0. The Morgan fingerprint density at radius 1 is 1.05 bits per heavy atom. The van der Waals surface area contributed by atoms with Crippen molar-refractivity contribution in [2.75, 3.05) is 13.3 Å². The van der Waals surface area contributed by atoms with Gasteiger partial charge in [-0.1, -0.05) is 36.8 Å². The average Bonchev–Trinajstić information content (AvgIpc) is 2.95. The van der Waals surface area contributed by atoms with E-state index in [2.05, 4.69) is 56.4 Å². The van der Waals surface area contributed by atoms with Gasteiger partial charge in [-0.05, 0) is 49.2 Å². The predicted molar refractivity (Wildman–Crippen MR) is 84.0 cm³/mol. The van der Waals surface area contributed by atoms with Crippen molar-refractivity contribution in [3.05, 3.63) is 58.7 Å². The minimum absolute atomic E-state index is 0.171. The highest BCUT2D eigenvalue weighted by Gasteiger charge is 2.20. The number of hydrogen-bond acceptors (Lipinski definition) is 3. The standard InChI is InChI=1S/C18H21NO2/c1-4-19-18(15-9-12(2)5-6-13(15)3)14-7-8-16-17(10-14)21-11-20-16/h5-10,18-19H,4,11H2,1-3H3. The number of benzene rings is 2. The van der Waals surface area contributed by atoms with Gasteiger partial charge in [0.2, 0.25) is 6.79 Å². The lowest BCUT2D eigenvalue weighted by atomic mass is 9.93. The first-order valence-corrected chi connectivity index (χ1v) is 7.39. The van der Waals surface area contributed by atoms with Crippen molar-refractivity contribution in [3.63, 3.8) is 0 Å². The van der Waals surface area contributed by atoms with E-state index in [9.17, 15) is 0 Å². The fraction of sp³-hybridized carbons (Fsp3) is 0.333. The van der Waals surface area contributed by atoms with Crippen LogP contribution in [0, 0.1) is 13.8 Å². The van der Waals surface area contributed by atoms with Crippen LogP contribution in [0.5, 0.6) is 11.5 Å². The molecule has 110 valence electrons. The lowest BCUT2D eigenvalue weighted by Crippen LogP contribution is -2.22. The molecule has 0 spiro atoms. The van der Waals surface area contributed by atoms with E-state index in [0.717, 1.165) is 18.0 Å². The molecule has 0 fully saturated rings. The van der Waals surface area contributed by atoms with Gasteiger partial charge in [0, 0.05) is 0 Å². The van der Waals surface area contributed by atoms with Crippen LogP contribution in [0.25, 0.3) is 0 Å². The van der Waals surface area contributed by atoms with Crippen molar-refractivity contribution in [1.29, 1.82) is 0 Å². The molecule has 2 aromatic carbocycles. The zero-order valence-corrected chi connectivity index (χ0v) is 12.8. The zero-order chi connectivity index (χ0) is 14.8. The first-order chi connectivity index (χ1) is 10.2. The molecule has 1 N–H and O–H groups in total. The maximum Gasteiger partial charge on any atom is 0.231 e. The van der Waals surface area contributed by atoms with Gasteiger partial charge >= 0.3 is 0 Å². The third-order valence-electron chi connectivity index (χ3n) is 3.88. The summed E-state index contributed by atoms with van der Waals surface area (Å²) < 4.78 is 10.9. The highest BCUT2D eigenvalue weighted by Crippen LogP contribution is 2.36. The van der Waals surface area contributed by atoms with Crippen LogP contribution >= 0.6 is 0 Å². The number of rotatable bonds is 4. The van der Waals surface area contributed by atoms with Crippen LogP contribution in [0.15, 0.2) is 36.4 Å². The largest absolute Gasteiger partial charge is 0.454 e. The number of ether oxygens (including phenoxy) is 2. The molecular weight excluding hydrogens is 262 g/mol. The van der Waals surface area contributed by atoms with Crippen molar-refractivity contribution in [1.82, 2.24) is 5.32 Å². The predicted octanol–water partition coefficient (Wildman–Crippen LogP) is 3.73. The molecule has 1 aliphatic heterocycles. The molecule has 0 bridgehead atoms. The Kier molecular flexibility index (Phi) is 3.84. The fourth-order valence-electron chi connectivity index (χ4n) is 2.78. The Balaban J connectivity index is 2.03. The first-order valence-electron chi connectivity index (χ1n) is 7.39. The SMILES string of the molecule is CCNC(c1ccc2c(c1)OCO2)c1cc(C)ccc1C. The number of nitrogens with one attached hydrogen (secondary N) is 1. The van der Waals surface area contributed by atoms with Gasteiger partial charge in [0.1, 0.15) is 0 Å². The molecule has 0 radical (unpaired) electrons. The van der Waals surface area contributed by atoms with Gasteiger partial charge in [-0.15, -0.1) is 0 Å². The molecule has 21 heavy (non-hydrogen) atoms. The van der Waals surface area contributed by atoms with Crippen LogP contribution in [-0.4, -0.2) is 13.3 Å². The average molecular weight is 283 g/mol. The topological polar surface area (TPSA) is 30.5 Å². The molecule has 0 aliphatic carbocycles. The number of fused-ring (bicyclic) bond motifs is 1. The van der Waals surface area contributed by atoms with Crippen LogP contribution in [0.1, 0.15) is 35.2 Å². The first kappa shape index (κ1) is 14.0. The second kappa shape index (κ2) is 5.78. The van der Waals surface area contributed by atoms with E-state index in [1.54, 1.807) is 0 Å². The van der Waals surface area contributed by atoms with Gasteiger partial charge in [-0.3, -0.25) is 0 Å². The van der Waals surface area contributed by atoms with E-state index in [4.69, 9.17) is 9.47 Å². The molecule has 3 nitrogen and oxygen atoms in total. The van der Waals surface area contributed by atoms with E-state index in [-0.39, 0.29) is 6.04 Å². The van der Waals surface area contributed by atoms with Gasteiger partial charge in [-0.25, -0.2) is 0 Å². The summed E-state index contributed by atoms with van der Waals surface area (Å²) in [6, 6.07) is 13.0. The van der Waals surface area contributed by atoms with Gasteiger partial charge < -0.3 is 14.8 Å². The van der Waals surface area contributed by atoms with Crippen LogP contribution in [-0.2, 0) is 0 Å². The third kappa shape index (κ3) is 2.74. The fourth-order valence-corrected chi connectivity index (χ4v) is 2.78. The summed E-state index contributed by atoms with van der Waals surface area (Å²) in [5.41, 5.74) is 5.09. The molecule has 0 aromatic heterocycles. The van der Waals surface area contributed by atoms with Gasteiger partial charge in [0.25, 0.3) is 0 Å². The molecule has 2 aromatic rings. The van der Waals surface area contributed by atoms with E-state index >= 15 is 0 Å². The molecule has 1 heterocycles. The summed E-state index contributed by atoms with van der Waals surface area (Å²) in [6.45, 7) is 7.64. The molecule has 0 saturated heterocycles. The molecule has 0 amide bonds. The van der Waals surface area contributed by atoms with E-state index in [1.807, 2.05) is 6.07 Å². The van der Waals surface area contributed by atoms with Crippen molar-refractivity contribution in [2.45, 2.75) is 26.8 Å². The van der Waals surface area contributed by atoms with E-state index in [0.29, 0.717) is 6.79 Å². The lowest BCUT2D eigenvalue weighted by molar-refractivity contribution is 0.174. The Morgan fingerprint density at radius 3 is 2.67 bits per heavy atom. The Labute approximate surface area is 125 Å². The highest BCUT2D eigenvalue weighted by atomic mass is 16.7. The lowest BCUT2D eigenvalue weighted by Gasteiger charge is -2.22. The van der Waals surface area contributed by atoms with Crippen LogP contribution in [0.2, 0.25) is 0 Å². The molecule has 3 heteroatoms. The van der Waals surface area contributed by atoms with Crippen LogP contribution in [0.4, 0.5) is 0 Å². The highest BCUT2D eigenvalue weighted by molar-refractivity contribution is 5.48. The summed E-state index contributed by atoms with van der Waals surface area (Å²) in [4.78, 5) is 0. The Bertz CT molecular complexity index is 652. The van der Waals surface area contributed by atoms with E-state index in [1.165, 1.54) is 22.3 Å². The molecule has 3 rings (SSSR count). The normalized spacial score (nSPS) is 14.2. The zero-order valence-electron chi connectivity index (χ0n) is 12.8. The quantitative estimate of drug-likeness (QED) is 0.927. The van der Waals surface area contributed by atoms with Gasteiger partial charge in [0.05, 0.1) is 6.04 Å². The van der Waals surface area contributed by atoms with Crippen LogP contribution in [0.3, 0.4) is 0 Å². The number of aryl methyl sites for hydroxylation is 2.